The van der Waals surface area contributed by atoms with Crippen LogP contribution < -0.4 is 5.32 Å². The molecule has 1 saturated heterocycles. The number of hydrogen-bond acceptors (Lipinski definition) is 5. The maximum Gasteiger partial charge on any atom is 0.408 e. The third-order valence-electron chi connectivity index (χ3n) is 7.17. The molecule has 0 aromatic heterocycles. The summed E-state index contributed by atoms with van der Waals surface area (Å²) in [4.78, 5) is 45.6. The Morgan fingerprint density at radius 3 is 2.17 bits per heavy atom. The maximum atomic E-state index is 13.9. The van der Waals surface area contributed by atoms with E-state index < -0.39 is 23.8 Å². The zero-order valence-corrected chi connectivity index (χ0v) is 25.6. The molecule has 0 saturated carbocycles. The predicted octanol–water partition coefficient (Wildman–Crippen LogP) is 4.98. The Labute approximate surface area is 247 Å². The average molecular weight is 589 g/mol. The van der Waals surface area contributed by atoms with Crippen molar-refractivity contribution >= 4 is 29.5 Å². The summed E-state index contributed by atoms with van der Waals surface area (Å²) in [6.07, 6.45) is -0.395. The van der Waals surface area contributed by atoms with Crippen LogP contribution in [0, 0.1) is 12.7 Å². The molecule has 10 heteroatoms. The molecule has 2 aromatic rings. The highest BCUT2D eigenvalue weighted by Crippen LogP contribution is 2.28. The predicted molar refractivity (Wildman–Crippen MR) is 158 cm³/mol. The minimum Gasteiger partial charge on any atom is -0.444 e. The Bertz CT molecular complexity index is 1210. The second-order valence-electron chi connectivity index (χ2n) is 11.3. The van der Waals surface area contributed by atoms with Crippen molar-refractivity contribution in [2.24, 2.45) is 0 Å². The second kappa shape index (κ2) is 14.1. The van der Waals surface area contributed by atoms with Gasteiger partial charge in [0.2, 0.25) is 11.8 Å². The highest BCUT2D eigenvalue weighted by molar-refractivity contribution is 6.30. The summed E-state index contributed by atoms with van der Waals surface area (Å²) in [6, 6.07) is 10.2. The minimum absolute atomic E-state index is 0.0447. The van der Waals surface area contributed by atoms with Crippen LogP contribution >= 0.6 is 11.6 Å². The van der Waals surface area contributed by atoms with E-state index in [9.17, 15) is 18.8 Å². The Morgan fingerprint density at radius 2 is 1.63 bits per heavy atom. The smallest absolute Gasteiger partial charge is 0.408 e. The van der Waals surface area contributed by atoms with E-state index in [-0.39, 0.29) is 24.1 Å². The number of nitrogens with zero attached hydrogens (tertiary/aromatic N) is 3. The number of piperazine rings is 1. The number of nitrogens with one attached hydrogen (secondary N) is 1. The van der Waals surface area contributed by atoms with Crippen molar-refractivity contribution in [3.05, 3.63) is 70.0 Å². The first-order valence-corrected chi connectivity index (χ1v) is 14.5. The number of benzene rings is 2. The van der Waals surface area contributed by atoms with Gasteiger partial charge in [0.25, 0.3) is 0 Å². The van der Waals surface area contributed by atoms with Crippen LogP contribution in [0.15, 0.2) is 42.5 Å². The van der Waals surface area contributed by atoms with E-state index in [4.69, 9.17) is 16.3 Å². The van der Waals surface area contributed by atoms with Crippen LogP contribution in [0.25, 0.3) is 0 Å². The van der Waals surface area contributed by atoms with Gasteiger partial charge in [-0.15, -0.1) is 0 Å². The summed E-state index contributed by atoms with van der Waals surface area (Å²) in [5, 5.41) is 3.34. The molecule has 0 spiro atoms. The molecule has 1 heterocycles. The molecular formula is C31H42ClFN4O4. The van der Waals surface area contributed by atoms with Gasteiger partial charge in [-0.3, -0.25) is 14.5 Å². The van der Waals surface area contributed by atoms with E-state index >= 15 is 0 Å². The molecule has 0 radical (unpaired) electrons. The molecule has 8 nitrogen and oxygen atoms in total. The lowest BCUT2D eigenvalue weighted by Gasteiger charge is -2.41. The Morgan fingerprint density at radius 1 is 1.02 bits per heavy atom. The molecule has 224 valence electrons. The molecular weight excluding hydrogens is 547 g/mol. The van der Waals surface area contributed by atoms with Crippen molar-refractivity contribution in [2.75, 3.05) is 39.3 Å². The van der Waals surface area contributed by atoms with E-state index in [1.54, 1.807) is 48.8 Å². The molecule has 1 fully saturated rings. The van der Waals surface area contributed by atoms with Crippen LogP contribution in [0.2, 0.25) is 5.02 Å². The molecule has 1 aliphatic rings. The van der Waals surface area contributed by atoms with E-state index in [1.165, 1.54) is 12.1 Å². The molecule has 2 unspecified atom stereocenters. The van der Waals surface area contributed by atoms with Crippen molar-refractivity contribution in [1.82, 2.24) is 20.0 Å². The molecule has 2 aromatic carbocycles. The number of amides is 3. The minimum atomic E-state index is -0.843. The highest BCUT2D eigenvalue weighted by atomic mass is 35.5. The normalized spacial score (nSPS) is 15.7. The Kier molecular flexibility index (Phi) is 11.2. The highest BCUT2D eigenvalue weighted by Gasteiger charge is 2.36. The van der Waals surface area contributed by atoms with E-state index in [1.807, 2.05) is 32.9 Å². The lowest BCUT2D eigenvalue weighted by molar-refractivity contribution is -0.140. The van der Waals surface area contributed by atoms with Crippen LogP contribution in [0.3, 0.4) is 0 Å². The zero-order valence-electron chi connectivity index (χ0n) is 24.9. The first kappa shape index (κ1) is 32.3. The van der Waals surface area contributed by atoms with E-state index in [2.05, 4.69) is 10.2 Å². The number of likely N-dealkylation sites (N-methyl/N-ethyl adjacent to an activating group) is 1. The van der Waals surface area contributed by atoms with Gasteiger partial charge in [-0.25, -0.2) is 9.18 Å². The van der Waals surface area contributed by atoms with Crippen LogP contribution in [-0.4, -0.2) is 83.5 Å². The molecule has 41 heavy (non-hydrogen) atoms. The fourth-order valence-electron chi connectivity index (χ4n) is 5.07. The van der Waals surface area contributed by atoms with Gasteiger partial charge in [0.05, 0.1) is 0 Å². The largest absolute Gasteiger partial charge is 0.444 e. The lowest BCUT2D eigenvalue weighted by atomic mass is 9.97. The van der Waals surface area contributed by atoms with Gasteiger partial charge in [-0.05, 0) is 82.5 Å². The average Bonchev–Trinajstić information content (AvgIpc) is 2.90. The van der Waals surface area contributed by atoms with Gasteiger partial charge in [0, 0.05) is 50.7 Å². The van der Waals surface area contributed by atoms with Gasteiger partial charge >= 0.3 is 6.09 Å². The molecule has 0 bridgehead atoms. The second-order valence-corrected chi connectivity index (χ2v) is 11.7. The number of aryl methyl sites for hydroxylation is 1. The summed E-state index contributed by atoms with van der Waals surface area (Å²) >= 11 is 6.04. The molecule has 1 aliphatic heterocycles. The number of rotatable bonds is 9. The molecule has 3 rings (SSSR count). The summed E-state index contributed by atoms with van der Waals surface area (Å²) in [5.74, 6) is -0.619. The monoisotopic (exact) mass is 588 g/mol. The van der Waals surface area contributed by atoms with Gasteiger partial charge in [0.1, 0.15) is 23.5 Å². The number of halogens is 2. The maximum absolute atomic E-state index is 13.9. The molecule has 3 amide bonds. The quantitative estimate of drug-likeness (QED) is 0.447. The van der Waals surface area contributed by atoms with Gasteiger partial charge in [-0.1, -0.05) is 29.8 Å². The topological polar surface area (TPSA) is 82.2 Å². The van der Waals surface area contributed by atoms with Crippen molar-refractivity contribution in [1.29, 1.82) is 0 Å². The summed E-state index contributed by atoms with van der Waals surface area (Å²) in [6.45, 7) is 13.7. The number of carbonyl (C=O) groups excluding carboxylic acids is 3. The van der Waals surface area contributed by atoms with Crippen molar-refractivity contribution < 1.29 is 23.5 Å². The Balaban J connectivity index is 1.80. The number of alkyl carbamates (subject to hydrolysis) is 1. The first-order valence-electron chi connectivity index (χ1n) is 14.1. The van der Waals surface area contributed by atoms with Gasteiger partial charge < -0.3 is 19.9 Å². The zero-order chi connectivity index (χ0) is 30.3. The number of ether oxygens (including phenoxy) is 1. The van der Waals surface area contributed by atoms with Crippen LogP contribution in [-0.2, 0) is 20.7 Å². The van der Waals surface area contributed by atoms with Crippen molar-refractivity contribution in [3.63, 3.8) is 0 Å². The molecule has 1 N–H and O–H groups in total. The third-order valence-corrected chi connectivity index (χ3v) is 7.42. The number of carbonyl (C=O) groups is 3. The standard InChI is InChI=1S/C31H42ClFN4O4/c1-7-35(8-2)29(39)27(25-14-13-24(33)19-21(25)3)36-15-17-37(18-16-36)28(38)26(34-30(40)41-31(4,5)6)20-22-9-11-23(32)12-10-22/h9-14,19,26-27H,7-8,15-18,20H2,1-6H3,(H,34,40). The van der Waals surface area contributed by atoms with E-state index in [0.29, 0.717) is 49.9 Å². The van der Waals surface area contributed by atoms with Crippen molar-refractivity contribution in [2.45, 2.75) is 65.6 Å². The van der Waals surface area contributed by atoms with E-state index in [0.717, 1.165) is 11.1 Å². The first-order chi connectivity index (χ1) is 19.3. The fraction of sp³-hybridized carbons (Fsp3) is 0.516. The van der Waals surface area contributed by atoms with Crippen LogP contribution in [0.4, 0.5) is 9.18 Å². The molecule has 2 atom stereocenters. The summed E-state index contributed by atoms with van der Waals surface area (Å²) in [7, 11) is 0. The molecule has 0 aliphatic carbocycles. The van der Waals surface area contributed by atoms with Crippen molar-refractivity contribution in [3.8, 4) is 0 Å². The number of hydrogen-bond donors (Lipinski definition) is 1. The van der Waals surface area contributed by atoms with Gasteiger partial charge in [-0.2, -0.15) is 0 Å². The third kappa shape index (κ3) is 8.91. The van der Waals surface area contributed by atoms with Gasteiger partial charge in [0.15, 0.2) is 0 Å². The summed E-state index contributed by atoms with van der Waals surface area (Å²) < 4.78 is 19.4. The van der Waals surface area contributed by atoms with Crippen LogP contribution in [0.1, 0.15) is 57.4 Å². The summed E-state index contributed by atoms with van der Waals surface area (Å²) in [5.41, 5.74) is 1.60. The van der Waals surface area contributed by atoms with Crippen LogP contribution in [0.5, 0.6) is 0 Å². The SMILES string of the molecule is CCN(CC)C(=O)C(c1ccc(F)cc1C)N1CCN(C(=O)C(Cc2ccc(Cl)cc2)NC(=O)OC(C)(C)C)CC1. The fourth-order valence-corrected chi connectivity index (χ4v) is 5.19. The lowest BCUT2D eigenvalue weighted by Crippen LogP contribution is -2.57. The Hall–Kier alpha value is -3.17.